The number of fused-ring (bicyclic) bond motifs is 1. The van der Waals surface area contributed by atoms with Gasteiger partial charge in [0, 0.05) is 18.8 Å². The molecule has 1 aliphatic heterocycles. The quantitative estimate of drug-likeness (QED) is 0.657. The Hall–Kier alpha value is -3.12. The maximum Gasteiger partial charge on any atom is 0.264 e. The first-order valence-electron chi connectivity index (χ1n) is 9.93. The molecule has 0 radical (unpaired) electrons. The van der Waals surface area contributed by atoms with E-state index in [1.54, 1.807) is 0 Å². The third-order valence-corrected chi connectivity index (χ3v) is 5.94. The van der Waals surface area contributed by atoms with Crippen LogP contribution in [-0.4, -0.2) is 29.9 Å². The molecule has 2 aromatic carbocycles. The van der Waals surface area contributed by atoms with Crippen LogP contribution in [-0.2, 0) is 17.8 Å². The summed E-state index contributed by atoms with van der Waals surface area (Å²) >= 11 is 1.46. The van der Waals surface area contributed by atoms with Gasteiger partial charge in [0.15, 0.2) is 6.61 Å². The number of ether oxygens (including phenoxy) is 1. The number of carbonyl (C=O) groups is 2. The zero-order valence-corrected chi connectivity index (χ0v) is 17.9. The van der Waals surface area contributed by atoms with Crippen LogP contribution in [0.4, 0.5) is 5.69 Å². The average Bonchev–Trinajstić information content (AvgIpc) is 3.25. The number of hydrogen-bond acceptors (Lipinski definition) is 4. The standard InChI is InChI=1S/C24H24N2O3S/c1-16-10-17(2)12-21(11-16)29-15-23(27)25-20-6-5-18-7-8-26(14-19(18)13-20)24(28)22-4-3-9-30-22/h3-6,9-13H,7-8,14-15H2,1-2H3,(H,25,27). The van der Waals surface area contributed by atoms with Crippen molar-refractivity contribution in [3.8, 4) is 5.75 Å². The number of hydrogen-bond donors (Lipinski definition) is 1. The highest BCUT2D eigenvalue weighted by molar-refractivity contribution is 7.12. The predicted molar refractivity (Wildman–Crippen MR) is 119 cm³/mol. The average molecular weight is 421 g/mol. The lowest BCUT2D eigenvalue weighted by Gasteiger charge is -2.29. The van der Waals surface area contributed by atoms with E-state index in [-0.39, 0.29) is 18.4 Å². The van der Waals surface area contributed by atoms with E-state index in [9.17, 15) is 9.59 Å². The van der Waals surface area contributed by atoms with E-state index in [1.807, 2.05) is 66.6 Å². The van der Waals surface area contributed by atoms with Gasteiger partial charge < -0.3 is 15.0 Å². The summed E-state index contributed by atoms with van der Waals surface area (Å²) < 4.78 is 5.64. The lowest BCUT2D eigenvalue weighted by atomic mass is 9.99. The topological polar surface area (TPSA) is 58.6 Å². The summed E-state index contributed by atoms with van der Waals surface area (Å²) in [5, 5.41) is 4.81. The van der Waals surface area contributed by atoms with E-state index in [0.717, 1.165) is 28.0 Å². The number of nitrogens with one attached hydrogen (secondary N) is 1. The van der Waals surface area contributed by atoms with Crippen molar-refractivity contribution in [2.24, 2.45) is 0 Å². The Morgan fingerprint density at radius 2 is 1.87 bits per heavy atom. The number of carbonyl (C=O) groups excluding carboxylic acids is 2. The second-order valence-corrected chi connectivity index (χ2v) is 8.55. The Kier molecular flexibility index (Phi) is 5.86. The van der Waals surface area contributed by atoms with Crippen molar-refractivity contribution < 1.29 is 14.3 Å². The molecule has 0 spiro atoms. The molecule has 0 aliphatic carbocycles. The normalized spacial score (nSPS) is 12.9. The minimum absolute atomic E-state index is 0.0526. The number of thiophene rings is 1. The third-order valence-electron chi connectivity index (χ3n) is 5.09. The molecule has 4 rings (SSSR count). The summed E-state index contributed by atoms with van der Waals surface area (Å²) in [5.74, 6) is 0.541. The van der Waals surface area contributed by atoms with Gasteiger partial charge in [-0.15, -0.1) is 11.3 Å². The summed E-state index contributed by atoms with van der Waals surface area (Å²) in [6.45, 7) is 5.20. The maximum absolute atomic E-state index is 12.7. The maximum atomic E-state index is 12.7. The van der Waals surface area contributed by atoms with Gasteiger partial charge in [0.05, 0.1) is 4.88 Å². The van der Waals surface area contributed by atoms with Crippen LogP contribution in [0, 0.1) is 13.8 Å². The van der Waals surface area contributed by atoms with Gasteiger partial charge in [0.1, 0.15) is 5.75 Å². The Morgan fingerprint density at radius 3 is 2.60 bits per heavy atom. The third kappa shape index (κ3) is 4.71. The fourth-order valence-electron chi connectivity index (χ4n) is 3.73. The van der Waals surface area contributed by atoms with Crippen LogP contribution in [0.2, 0.25) is 0 Å². The van der Waals surface area contributed by atoms with Gasteiger partial charge in [0.2, 0.25) is 0 Å². The molecule has 0 saturated heterocycles. The number of nitrogens with zero attached hydrogens (tertiary/aromatic N) is 1. The monoisotopic (exact) mass is 420 g/mol. The second kappa shape index (κ2) is 8.71. The van der Waals surface area contributed by atoms with E-state index in [4.69, 9.17) is 4.74 Å². The second-order valence-electron chi connectivity index (χ2n) is 7.60. The van der Waals surface area contributed by atoms with Crippen molar-refractivity contribution in [3.63, 3.8) is 0 Å². The number of amides is 2. The van der Waals surface area contributed by atoms with E-state index < -0.39 is 0 Å². The number of rotatable bonds is 5. The Balaban J connectivity index is 1.38. The number of aryl methyl sites for hydroxylation is 2. The van der Waals surface area contributed by atoms with Gasteiger partial charge in [-0.2, -0.15) is 0 Å². The molecule has 0 saturated carbocycles. The minimum atomic E-state index is -0.212. The molecule has 1 aliphatic rings. The highest BCUT2D eigenvalue weighted by atomic mass is 32.1. The number of anilines is 1. The Bertz CT molecular complexity index is 1060. The molecule has 2 amide bonds. The number of benzene rings is 2. The zero-order valence-electron chi connectivity index (χ0n) is 17.1. The van der Waals surface area contributed by atoms with Gasteiger partial charge in [-0.25, -0.2) is 0 Å². The van der Waals surface area contributed by atoms with E-state index in [2.05, 4.69) is 11.4 Å². The summed E-state index contributed by atoms with van der Waals surface area (Å²) in [4.78, 5) is 27.6. The summed E-state index contributed by atoms with van der Waals surface area (Å²) in [5.41, 5.74) is 5.20. The molecule has 154 valence electrons. The first kappa shape index (κ1) is 20.2. The summed E-state index contributed by atoms with van der Waals surface area (Å²) in [7, 11) is 0. The zero-order chi connectivity index (χ0) is 21.1. The van der Waals surface area contributed by atoms with Gasteiger partial charge in [0.25, 0.3) is 11.8 Å². The molecule has 0 fully saturated rings. The van der Waals surface area contributed by atoms with Crippen molar-refractivity contribution in [2.75, 3.05) is 18.5 Å². The fourth-order valence-corrected chi connectivity index (χ4v) is 4.42. The van der Waals surface area contributed by atoms with Gasteiger partial charge in [-0.05, 0) is 78.2 Å². The van der Waals surface area contributed by atoms with Crippen LogP contribution < -0.4 is 10.1 Å². The van der Waals surface area contributed by atoms with Crippen LogP contribution >= 0.6 is 11.3 Å². The SMILES string of the molecule is Cc1cc(C)cc(OCC(=O)Nc2ccc3c(c2)CN(C(=O)c2cccs2)CC3)c1. The van der Waals surface area contributed by atoms with Crippen molar-refractivity contribution in [2.45, 2.75) is 26.8 Å². The van der Waals surface area contributed by atoms with E-state index in [1.165, 1.54) is 16.9 Å². The van der Waals surface area contributed by atoms with Crippen molar-refractivity contribution in [3.05, 3.63) is 81.0 Å². The fraction of sp³-hybridized carbons (Fsp3) is 0.250. The summed E-state index contributed by atoms with van der Waals surface area (Å²) in [6.07, 6.45) is 0.816. The molecule has 0 atom stereocenters. The predicted octanol–water partition coefficient (Wildman–Crippen LogP) is 4.58. The van der Waals surface area contributed by atoms with Crippen LogP contribution in [0.25, 0.3) is 0 Å². The molecule has 0 bridgehead atoms. The van der Waals surface area contributed by atoms with E-state index >= 15 is 0 Å². The lowest BCUT2D eigenvalue weighted by molar-refractivity contribution is -0.118. The molecule has 1 aromatic heterocycles. The van der Waals surface area contributed by atoms with Crippen LogP contribution in [0.15, 0.2) is 53.9 Å². The summed E-state index contributed by atoms with van der Waals surface area (Å²) in [6, 6.07) is 15.5. The van der Waals surface area contributed by atoms with Gasteiger partial charge in [-0.3, -0.25) is 9.59 Å². The van der Waals surface area contributed by atoms with Crippen molar-refractivity contribution >= 4 is 28.8 Å². The minimum Gasteiger partial charge on any atom is -0.484 e. The van der Waals surface area contributed by atoms with Crippen molar-refractivity contribution in [1.29, 1.82) is 0 Å². The van der Waals surface area contributed by atoms with Crippen molar-refractivity contribution in [1.82, 2.24) is 4.90 Å². The molecule has 2 heterocycles. The lowest BCUT2D eigenvalue weighted by Crippen LogP contribution is -2.35. The molecular formula is C24H24N2O3S. The molecule has 0 unspecified atom stereocenters. The Morgan fingerprint density at radius 1 is 1.07 bits per heavy atom. The molecular weight excluding hydrogens is 396 g/mol. The highest BCUT2D eigenvalue weighted by Gasteiger charge is 2.22. The first-order chi connectivity index (χ1) is 14.5. The molecule has 5 nitrogen and oxygen atoms in total. The first-order valence-corrected chi connectivity index (χ1v) is 10.8. The van der Waals surface area contributed by atoms with Crippen LogP contribution in [0.1, 0.15) is 31.9 Å². The van der Waals surface area contributed by atoms with E-state index in [0.29, 0.717) is 24.5 Å². The van der Waals surface area contributed by atoms with Gasteiger partial charge >= 0.3 is 0 Å². The molecule has 1 N–H and O–H groups in total. The van der Waals surface area contributed by atoms with Gasteiger partial charge in [-0.1, -0.05) is 18.2 Å². The molecule has 3 aromatic rings. The molecule has 30 heavy (non-hydrogen) atoms. The molecule has 6 heteroatoms. The highest BCUT2D eigenvalue weighted by Crippen LogP contribution is 2.25. The smallest absolute Gasteiger partial charge is 0.264 e. The Labute approximate surface area is 180 Å². The largest absolute Gasteiger partial charge is 0.484 e. The van der Waals surface area contributed by atoms with Crippen LogP contribution in [0.5, 0.6) is 5.75 Å². The van der Waals surface area contributed by atoms with Crippen LogP contribution in [0.3, 0.4) is 0 Å².